The summed E-state index contributed by atoms with van der Waals surface area (Å²) >= 11 is 0. The zero-order chi connectivity index (χ0) is 23.8. The summed E-state index contributed by atoms with van der Waals surface area (Å²) in [7, 11) is 1.49. The van der Waals surface area contributed by atoms with Crippen LogP contribution in [0.5, 0.6) is 11.5 Å². The average Bonchev–Trinajstić information content (AvgIpc) is 3.30. The number of para-hydroxylation sites is 1. The van der Waals surface area contributed by atoms with Crippen molar-refractivity contribution in [2.24, 2.45) is 0 Å². The van der Waals surface area contributed by atoms with Crippen LogP contribution < -0.4 is 15.0 Å². The third-order valence-electron chi connectivity index (χ3n) is 5.95. The quantitative estimate of drug-likeness (QED) is 0.420. The zero-order valence-corrected chi connectivity index (χ0v) is 18.7. The molecule has 0 radical (unpaired) electrons. The van der Waals surface area contributed by atoms with Gasteiger partial charge in [0.2, 0.25) is 0 Å². The number of benzene rings is 2. The van der Waals surface area contributed by atoms with Crippen molar-refractivity contribution in [3.05, 3.63) is 106 Å². The Morgan fingerprint density at radius 1 is 1.18 bits per heavy atom. The first kappa shape index (κ1) is 21.6. The average molecular weight is 459 g/mol. The van der Waals surface area contributed by atoms with Crippen molar-refractivity contribution in [3.63, 3.8) is 0 Å². The summed E-state index contributed by atoms with van der Waals surface area (Å²) in [4.78, 5) is 30.9. The van der Waals surface area contributed by atoms with E-state index in [1.165, 1.54) is 11.7 Å². The Morgan fingerprint density at radius 2 is 2.00 bits per heavy atom. The SMILES string of the molecule is COc1cc(C(=O)c2cc(F)cn(C3CCOc4ccccc43)c2=O)ccc1-n1cnc(C)c1. The van der Waals surface area contributed by atoms with Crippen LogP contribution in [-0.4, -0.2) is 33.6 Å². The predicted octanol–water partition coefficient (Wildman–Crippen LogP) is 4.09. The smallest absolute Gasteiger partial charge is 0.262 e. The number of ketones is 1. The standard InChI is InChI=1S/C26H22FN3O4/c1-16-13-29(15-28-16)22-8-7-17(11-24(22)33-2)25(31)20-12-18(27)14-30(26(20)32)21-9-10-34-23-6-4-3-5-19(21)23/h3-8,11-15,21H,9-10H2,1-2H3. The van der Waals surface area contributed by atoms with Crippen molar-refractivity contribution < 1.29 is 18.7 Å². The molecule has 7 nitrogen and oxygen atoms in total. The first-order chi connectivity index (χ1) is 16.5. The molecule has 0 fully saturated rings. The molecule has 2 aromatic heterocycles. The Morgan fingerprint density at radius 3 is 2.76 bits per heavy atom. The summed E-state index contributed by atoms with van der Waals surface area (Å²) in [5, 5.41) is 0. The van der Waals surface area contributed by atoms with Crippen LogP contribution in [0, 0.1) is 12.7 Å². The van der Waals surface area contributed by atoms with Crippen molar-refractivity contribution in [1.29, 1.82) is 0 Å². The molecule has 5 rings (SSSR count). The number of hydrogen-bond donors (Lipinski definition) is 0. The highest BCUT2D eigenvalue weighted by Crippen LogP contribution is 2.34. The van der Waals surface area contributed by atoms with Crippen LogP contribution in [0.15, 0.2) is 72.0 Å². The maximum Gasteiger partial charge on any atom is 0.262 e. The predicted molar refractivity (Wildman–Crippen MR) is 124 cm³/mol. The minimum absolute atomic E-state index is 0.221. The van der Waals surface area contributed by atoms with E-state index in [0.717, 1.165) is 23.5 Å². The van der Waals surface area contributed by atoms with Gasteiger partial charge >= 0.3 is 0 Å². The summed E-state index contributed by atoms with van der Waals surface area (Å²) < 4.78 is 28.9. The Balaban J connectivity index is 1.56. The zero-order valence-electron chi connectivity index (χ0n) is 18.7. The number of imidazole rings is 1. The maximum absolute atomic E-state index is 14.7. The molecular formula is C26H22FN3O4. The highest BCUT2D eigenvalue weighted by molar-refractivity contribution is 6.09. The van der Waals surface area contributed by atoms with Crippen molar-refractivity contribution >= 4 is 5.78 Å². The molecule has 2 aromatic carbocycles. The molecule has 34 heavy (non-hydrogen) atoms. The molecular weight excluding hydrogens is 437 g/mol. The molecule has 8 heteroatoms. The van der Waals surface area contributed by atoms with E-state index < -0.39 is 23.2 Å². The fourth-order valence-corrected chi connectivity index (χ4v) is 4.31. The second-order valence-electron chi connectivity index (χ2n) is 8.11. The van der Waals surface area contributed by atoms with Gasteiger partial charge in [-0.2, -0.15) is 0 Å². The van der Waals surface area contributed by atoms with Gasteiger partial charge in [-0.3, -0.25) is 9.59 Å². The van der Waals surface area contributed by atoms with E-state index in [-0.39, 0.29) is 11.1 Å². The van der Waals surface area contributed by atoms with Gasteiger partial charge in [0.1, 0.15) is 17.3 Å². The van der Waals surface area contributed by atoms with Gasteiger partial charge in [0, 0.05) is 29.9 Å². The van der Waals surface area contributed by atoms with Gasteiger partial charge in [0.05, 0.1) is 43.0 Å². The van der Waals surface area contributed by atoms with Crippen LogP contribution >= 0.6 is 0 Å². The molecule has 3 heterocycles. The third kappa shape index (κ3) is 3.77. The van der Waals surface area contributed by atoms with E-state index >= 15 is 0 Å². The fourth-order valence-electron chi connectivity index (χ4n) is 4.31. The number of methoxy groups -OCH3 is 1. The number of hydrogen-bond acceptors (Lipinski definition) is 5. The van der Waals surface area contributed by atoms with Crippen molar-refractivity contribution in [1.82, 2.24) is 14.1 Å². The van der Waals surface area contributed by atoms with Crippen LogP contribution in [0.3, 0.4) is 0 Å². The Kier molecular flexibility index (Phi) is 5.49. The molecule has 0 saturated carbocycles. The van der Waals surface area contributed by atoms with Crippen LogP contribution in [-0.2, 0) is 0 Å². The van der Waals surface area contributed by atoms with E-state index in [1.54, 1.807) is 29.1 Å². The Hall–Kier alpha value is -4.20. The van der Waals surface area contributed by atoms with E-state index in [2.05, 4.69) is 4.98 Å². The van der Waals surface area contributed by atoms with Gasteiger partial charge in [-0.1, -0.05) is 18.2 Å². The molecule has 0 N–H and O–H groups in total. The van der Waals surface area contributed by atoms with Crippen LogP contribution in [0.1, 0.15) is 39.6 Å². The topological polar surface area (TPSA) is 75.3 Å². The summed E-state index contributed by atoms with van der Waals surface area (Å²) in [5.41, 5.74) is 1.73. The van der Waals surface area contributed by atoms with Gasteiger partial charge in [-0.05, 0) is 37.3 Å². The van der Waals surface area contributed by atoms with E-state index in [1.807, 2.05) is 37.4 Å². The summed E-state index contributed by atoms with van der Waals surface area (Å²) in [6.07, 6.45) is 5.11. The molecule has 1 unspecified atom stereocenters. The highest BCUT2D eigenvalue weighted by atomic mass is 19.1. The number of rotatable bonds is 5. The van der Waals surface area contributed by atoms with Gasteiger partial charge in [0.25, 0.3) is 5.56 Å². The first-order valence-electron chi connectivity index (χ1n) is 10.8. The van der Waals surface area contributed by atoms with Crippen molar-refractivity contribution in [2.45, 2.75) is 19.4 Å². The number of aryl methyl sites for hydroxylation is 1. The number of carbonyl (C=O) groups is 1. The van der Waals surface area contributed by atoms with Crippen LogP contribution in [0.4, 0.5) is 4.39 Å². The minimum atomic E-state index is -0.663. The van der Waals surface area contributed by atoms with Gasteiger partial charge in [-0.25, -0.2) is 9.37 Å². The molecule has 1 atom stereocenters. The number of aromatic nitrogens is 3. The molecule has 1 aliphatic rings. The molecule has 4 aromatic rings. The second kappa shape index (κ2) is 8.62. The largest absolute Gasteiger partial charge is 0.495 e. The number of fused-ring (bicyclic) bond motifs is 1. The third-order valence-corrected chi connectivity index (χ3v) is 5.95. The summed E-state index contributed by atoms with van der Waals surface area (Å²) in [6, 6.07) is 12.7. The molecule has 0 bridgehead atoms. The maximum atomic E-state index is 14.7. The molecule has 0 amide bonds. The van der Waals surface area contributed by atoms with E-state index in [0.29, 0.717) is 30.2 Å². The van der Waals surface area contributed by atoms with Gasteiger partial charge in [-0.15, -0.1) is 0 Å². The lowest BCUT2D eigenvalue weighted by molar-refractivity contribution is 0.103. The van der Waals surface area contributed by atoms with Crippen LogP contribution in [0.2, 0.25) is 0 Å². The summed E-state index contributed by atoms with van der Waals surface area (Å²) in [5.74, 6) is -0.161. The number of halogens is 1. The van der Waals surface area contributed by atoms with E-state index in [4.69, 9.17) is 9.47 Å². The summed E-state index contributed by atoms with van der Waals surface area (Å²) in [6.45, 7) is 2.26. The van der Waals surface area contributed by atoms with Crippen molar-refractivity contribution in [2.75, 3.05) is 13.7 Å². The number of nitrogens with zero attached hydrogens (tertiary/aromatic N) is 3. The highest BCUT2D eigenvalue weighted by Gasteiger charge is 2.26. The number of pyridine rings is 1. The number of ether oxygens (including phenoxy) is 2. The fraction of sp³-hybridized carbons (Fsp3) is 0.192. The Labute approximate surface area is 195 Å². The second-order valence-corrected chi connectivity index (χ2v) is 8.11. The molecule has 0 aliphatic carbocycles. The molecule has 172 valence electrons. The molecule has 1 aliphatic heterocycles. The monoisotopic (exact) mass is 459 g/mol. The molecule has 0 saturated heterocycles. The normalized spacial score (nSPS) is 14.9. The molecule has 0 spiro atoms. The first-order valence-corrected chi connectivity index (χ1v) is 10.8. The number of carbonyl (C=O) groups excluding carboxylic acids is 1. The lowest BCUT2D eigenvalue weighted by Gasteiger charge is -2.27. The lowest BCUT2D eigenvalue weighted by Crippen LogP contribution is -2.33. The van der Waals surface area contributed by atoms with Crippen molar-refractivity contribution in [3.8, 4) is 17.2 Å². The van der Waals surface area contributed by atoms with Gasteiger partial charge in [0.15, 0.2) is 5.78 Å². The van der Waals surface area contributed by atoms with Crippen LogP contribution in [0.25, 0.3) is 5.69 Å². The van der Waals surface area contributed by atoms with Gasteiger partial charge < -0.3 is 18.6 Å². The minimum Gasteiger partial charge on any atom is -0.495 e. The Bertz CT molecular complexity index is 1460. The van der Waals surface area contributed by atoms with E-state index in [9.17, 15) is 14.0 Å². The lowest BCUT2D eigenvalue weighted by atomic mass is 9.99.